The number of thiazole rings is 1. The molecule has 1 unspecified atom stereocenters. The van der Waals surface area contributed by atoms with E-state index in [0.29, 0.717) is 13.0 Å². The van der Waals surface area contributed by atoms with Crippen LogP contribution in [0.4, 0.5) is 0 Å². The summed E-state index contributed by atoms with van der Waals surface area (Å²) in [5, 5.41) is 2.94. The zero-order chi connectivity index (χ0) is 12.3. The van der Waals surface area contributed by atoms with Gasteiger partial charge in [-0.05, 0) is 0 Å². The molecule has 2 N–H and O–H groups in total. The summed E-state index contributed by atoms with van der Waals surface area (Å²) in [4.78, 5) is 16.2. The third-order valence-electron chi connectivity index (χ3n) is 2.55. The number of rotatable bonds is 4. The average Bonchev–Trinajstić information content (AvgIpc) is 2.64. The summed E-state index contributed by atoms with van der Waals surface area (Å²) < 4.78 is 0. The molecular weight excluding hydrogens is 220 g/mol. The Hall–Kier alpha value is -0.740. The molecule has 1 atom stereocenters. The van der Waals surface area contributed by atoms with E-state index < -0.39 is 0 Å². The molecule has 90 valence electrons. The third kappa shape index (κ3) is 3.39. The number of aromatic nitrogens is 1. The summed E-state index contributed by atoms with van der Waals surface area (Å²) in [5.74, 6) is 0.110. The summed E-state index contributed by atoms with van der Waals surface area (Å²) >= 11 is 1.56. The molecule has 0 aliphatic rings. The fraction of sp³-hybridized carbons (Fsp3) is 0.667. The van der Waals surface area contributed by atoms with Gasteiger partial charge in [0.1, 0.15) is 10.8 Å². The second kappa shape index (κ2) is 5.06. The van der Waals surface area contributed by atoms with E-state index in [-0.39, 0.29) is 17.1 Å². The third-order valence-corrected chi connectivity index (χ3v) is 3.40. The second-order valence-corrected chi connectivity index (χ2v) is 6.10. The van der Waals surface area contributed by atoms with Crippen LogP contribution in [0.5, 0.6) is 0 Å². The van der Waals surface area contributed by atoms with Gasteiger partial charge in [-0.3, -0.25) is 4.79 Å². The van der Waals surface area contributed by atoms with Crippen molar-refractivity contribution in [2.45, 2.75) is 39.5 Å². The zero-order valence-corrected chi connectivity index (χ0v) is 11.2. The van der Waals surface area contributed by atoms with Gasteiger partial charge in [0, 0.05) is 23.3 Å². The van der Waals surface area contributed by atoms with E-state index in [0.717, 1.165) is 10.7 Å². The van der Waals surface area contributed by atoms with Gasteiger partial charge in [0.25, 0.3) is 0 Å². The van der Waals surface area contributed by atoms with E-state index in [1.165, 1.54) is 0 Å². The zero-order valence-electron chi connectivity index (χ0n) is 10.4. The highest BCUT2D eigenvalue weighted by atomic mass is 32.1. The number of carbonyl (C=O) groups excluding carboxylic acids is 1. The molecule has 0 amide bonds. The van der Waals surface area contributed by atoms with E-state index in [1.807, 2.05) is 12.3 Å². The van der Waals surface area contributed by atoms with Crippen molar-refractivity contribution in [2.75, 3.05) is 6.54 Å². The Morgan fingerprint density at radius 1 is 1.56 bits per heavy atom. The standard InChI is InChI=1S/C12H20N2OS/c1-8(6-13)9(15)5-11-14-10(7-16-11)12(2,3)4/h7-8H,5-6,13H2,1-4H3. The van der Waals surface area contributed by atoms with Crippen LogP contribution in [0.2, 0.25) is 0 Å². The molecule has 1 heterocycles. The molecule has 16 heavy (non-hydrogen) atoms. The molecule has 0 bridgehead atoms. The summed E-state index contributed by atoms with van der Waals surface area (Å²) in [6.45, 7) is 8.64. The molecule has 0 aromatic carbocycles. The number of carbonyl (C=O) groups is 1. The maximum Gasteiger partial charge on any atom is 0.143 e. The number of ketones is 1. The van der Waals surface area contributed by atoms with Crippen molar-refractivity contribution >= 4 is 17.1 Å². The Kier molecular flexibility index (Phi) is 4.21. The molecule has 0 saturated carbocycles. The van der Waals surface area contributed by atoms with Crippen molar-refractivity contribution in [1.29, 1.82) is 0 Å². The Morgan fingerprint density at radius 3 is 2.62 bits per heavy atom. The van der Waals surface area contributed by atoms with Crippen LogP contribution in [-0.2, 0) is 16.6 Å². The first kappa shape index (κ1) is 13.3. The van der Waals surface area contributed by atoms with Crippen LogP contribution in [-0.4, -0.2) is 17.3 Å². The SMILES string of the molecule is CC(CN)C(=O)Cc1nc(C(C)(C)C)cs1. The van der Waals surface area contributed by atoms with E-state index in [4.69, 9.17) is 5.73 Å². The second-order valence-electron chi connectivity index (χ2n) is 5.16. The number of nitrogens with two attached hydrogens (primary N) is 1. The van der Waals surface area contributed by atoms with Crippen LogP contribution in [0.25, 0.3) is 0 Å². The van der Waals surface area contributed by atoms with Gasteiger partial charge < -0.3 is 5.73 Å². The molecule has 3 nitrogen and oxygen atoms in total. The molecule has 0 aliphatic carbocycles. The van der Waals surface area contributed by atoms with Gasteiger partial charge in [0.2, 0.25) is 0 Å². The summed E-state index contributed by atoms with van der Waals surface area (Å²) in [6.07, 6.45) is 0.416. The minimum atomic E-state index is -0.0676. The monoisotopic (exact) mass is 240 g/mol. The first-order valence-electron chi connectivity index (χ1n) is 5.52. The maximum absolute atomic E-state index is 11.7. The lowest BCUT2D eigenvalue weighted by Crippen LogP contribution is -2.22. The van der Waals surface area contributed by atoms with Crippen molar-refractivity contribution in [3.8, 4) is 0 Å². The predicted molar refractivity (Wildman–Crippen MR) is 67.7 cm³/mol. The molecular formula is C12H20N2OS. The molecule has 0 radical (unpaired) electrons. The van der Waals surface area contributed by atoms with Gasteiger partial charge in [0.15, 0.2) is 0 Å². The Labute approximate surface area is 101 Å². The number of Topliss-reactive ketones (excluding diaryl/α,β-unsaturated/α-hetero) is 1. The number of hydrogen-bond acceptors (Lipinski definition) is 4. The molecule has 0 fully saturated rings. The number of nitrogens with zero attached hydrogens (tertiary/aromatic N) is 1. The highest BCUT2D eigenvalue weighted by Crippen LogP contribution is 2.24. The van der Waals surface area contributed by atoms with E-state index in [9.17, 15) is 4.79 Å². The van der Waals surface area contributed by atoms with Crippen LogP contribution in [0, 0.1) is 5.92 Å². The maximum atomic E-state index is 11.7. The number of hydrogen-bond donors (Lipinski definition) is 1. The molecule has 0 aliphatic heterocycles. The summed E-state index contributed by atoms with van der Waals surface area (Å²) in [5.41, 5.74) is 6.57. The lowest BCUT2D eigenvalue weighted by atomic mass is 9.93. The van der Waals surface area contributed by atoms with E-state index >= 15 is 0 Å². The lowest BCUT2D eigenvalue weighted by Gasteiger charge is -2.14. The van der Waals surface area contributed by atoms with Gasteiger partial charge in [-0.15, -0.1) is 11.3 Å². The molecule has 0 saturated heterocycles. The van der Waals surface area contributed by atoms with Crippen molar-refractivity contribution in [1.82, 2.24) is 4.98 Å². The van der Waals surface area contributed by atoms with Crippen molar-refractivity contribution in [3.05, 3.63) is 16.1 Å². The molecule has 1 rings (SSSR count). The summed E-state index contributed by atoms with van der Waals surface area (Å²) in [6, 6.07) is 0. The minimum absolute atomic E-state index is 0.0529. The van der Waals surface area contributed by atoms with Gasteiger partial charge >= 0.3 is 0 Å². The largest absolute Gasteiger partial charge is 0.330 e. The first-order valence-corrected chi connectivity index (χ1v) is 6.40. The lowest BCUT2D eigenvalue weighted by molar-refractivity contribution is -0.121. The molecule has 0 spiro atoms. The van der Waals surface area contributed by atoms with Crippen LogP contribution in [0.3, 0.4) is 0 Å². The van der Waals surface area contributed by atoms with Gasteiger partial charge in [-0.25, -0.2) is 4.98 Å². The molecule has 1 aromatic rings. The van der Waals surface area contributed by atoms with Crippen molar-refractivity contribution < 1.29 is 4.79 Å². The van der Waals surface area contributed by atoms with E-state index in [2.05, 4.69) is 25.8 Å². The quantitative estimate of drug-likeness (QED) is 0.877. The highest BCUT2D eigenvalue weighted by Gasteiger charge is 2.19. The fourth-order valence-electron chi connectivity index (χ4n) is 1.19. The average molecular weight is 240 g/mol. The van der Waals surface area contributed by atoms with Crippen molar-refractivity contribution in [3.63, 3.8) is 0 Å². The Morgan fingerprint density at radius 2 is 2.19 bits per heavy atom. The smallest absolute Gasteiger partial charge is 0.143 e. The van der Waals surface area contributed by atoms with Gasteiger partial charge in [0.05, 0.1) is 12.1 Å². The fourth-order valence-corrected chi connectivity index (χ4v) is 2.22. The first-order chi connectivity index (χ1) is 7.34. The van der Waals surface area contributed by atoms with Crippen LogP contribution in [0.15, 0.2) is 5.38 Å². The molecule has 1 aromatic heterocycles. The van der Waals surface area contributed by atoms with Crippen LogP contribution in [0.1, 0.15) is 38.4 Å². The topological polar surface area (TPSA) is 56.0 Å². The Bertz CT molecular complexity index is 365. The predicted octanol–water partition coefficient (Wildman–Crippen LogP) is 2.15. The highest BCUT2D eigenvalue weighted by molar-refractivity contribution is 7.09. The summed E-state index contributed by atoms with van der Waals surface area (Å²) in [7, 11) is 0. The van der Waals surface area contributed by atoms with Crippen LogP contribution >= 0.6 is 11.3 Å². The Balaban J connectivity index is 2.70. The van der Waals surface area contributed by atoms with Crippen molar-refractivity contribution in [2.24, 2.45) is 11.7 Å². The van der Waals surface area contributed by atoms with Gasteiger partial charge in [-0.1, -0.05) is 27.7 Å². The van der Waals surface area contributed by atoms with Crippen LogP contribution < -0.4 is 5.73 Å². The van der Waals surface area contributed by atoms with Gasteiger partial charge in [-0.2, -0.15) is 0 Å². The normalized spacial score (nSPS) is 13.8. The molecule has 4 heteroatoms. The minimum Gasteiger partial charge on any atom is -0.330 e. The van der Waals surface area contributed by atoms with E-state index in [1.54, 1.807) is 11.3 Å².